The van der Waals surface area contributed by atoms with E-state index >= 15 is 0 Å². The van der Waals surface area contributed by atoms with Gasteiger partial charge in [0.25, 0.3) is 0 Å². The SMILES string of the molecule is Cc1cc(F)c(C(C)N2CCCC2CC(=O)O)cc1F. The van der Waals surface area contributed by atoms with Crippen molar-refractivity contribution in [3.63, 3.8) is 0 Å². The number of carboxylic acid groups (broad SMARTS) is 1. The number of rotatable bonds is 4. The lowest BCUT2D eigenvalue weighted by atomic mass is 10.0. The van der Waals surface area contributed by atoms with E-state index in [9.17, 15) is 13.6 Å². The first-order valence-corrected chi connectivity index (χ1v) is 6.83. The first kappa shape index (κ1) is 14.9. The zero-order chi connectivity index (χ0) is 14.9. The van der Waals surface area contributed by atoms with Crippen LogP contribution in [0, 0.1) is 18.6 Å². The molecule has 0 bridgehead atoms. The zero-order valence-electron chi connectivity index (χ0n) is 11.7. The van der Waals surface area contributed by atoms with Gasteiger partial charge in [-0.25, -0.2) is 8.78 Å². The van der Waals surface area contributed by atoms with Crippen molar-refractivity contribution in [2.45, 2.75) is 45.2 Å². The van der Waals surface area contributed by atoms with Gasteiger partial charge in [0, 0.05) is 17.6 Å². The predicted octanol–water partition coefficient (Wildman–Crippen LogP) is 3.27. The monoisotopic (exact) mass is 283 g/mol. The van der Waals surface area contributed by atoms with Gasteiger partial charge in [0.15, 0.2) is 0 Å². The molecule has 20 heavy (non-hydrogen) atoms. The Morgan fingerprint density at radius 3 is 2.80 bits per heavy atom. The number of halogens is 2. The minimum atomic E-state index is -0.857. The molecule has 0 aromatic heterocycles. The fourth-order valence-electron chi connectivity index (χ4n) is 2.95. The Bertz CT molecular complexity index is 519. The number of benzene rings is 1. The van der Waals surface area contributed by atoms with Crippen LogP contribution < -0.4 is 0 Å². The molecule has 0 saturated carbocycles. The van der Waals surface area contributed by atoms with Crippen molar-refractivity contribution >= 4 is 5.97 Å². The molecular weight excluding hydrogens is 264 g/mol. The van der Waals surface area contributed by atoms with Crippen LogP contribution in [0.25, 0.3) is 0 Å². The summed E-state index contributed by atoms with van der Waals surface area (Å²) in [5.74, 6) is -1.72. The average molecular weight is 283 g/mol. The highest BCUT2D eigenvalue weighted by atomic mass is 19.1. The minimum Gasteiger partial charge on any atom is -0.481 e. The van der Waals surface area contributed by atoms with E-state index in [-0.39, 0.29) is 24.1 Å². The van der Waals surface area contributed by atoms with E-state index < -0.39 is 17.6 Å². The summed E-state index contributed by atoms with van der Waals surface area (Å²) in [4.78, 5) is 12.8. The van der Waals surface area contributed by atoms with Gasteiger partial charge in [-0.3, -0.25) is 9.69 Å². The molecule has 1 fully saturated rings. The fourth-order valence-corrected chi connectivity index (χ4v) is 2.95. The Morgan fingerprint density at radius 1 is 1.45 bits per heavy atom. The number of nitrogens with zero attached hydrogens (tertiary/aromatic N) is 1. The molecule has 1 aliphatic heterocycles. The van der Waals surface area contributed by atoms with Crippen LogP contribution in [0.1, 0.15) is 43.4 Å². The maximum Gasteiger partial charge on any atom is 0.304 e. The Hall–Kier alpha value is -1.49. The third-order valence-electron chi connectivity index (χ3n) is 4.06. The molecule has 3 nitrogen and oxygen atoms in total. The Labute approximate surface area is 117 Å². The van der Waals surface area contributed by atoms with E-state index in [1.165, 1.54) is 19.1 Å². The van der Waals surface area contributed by atoms with Crippen molar-refractivity contribution < 1.29 is 18.7 Å². The largest absolute Gasteiger partial charge is 0.481 e. The van der Waals surface area contributed by atoms with E-state index in [0.29, 0.717) is 12.1 Å². The fraction of sp³-hybridized carbons (Fsp3) is 0.533. The molecule has 2 atom stereocenters. The molecule has 0 spiro atoms. The maximum absolute atomic E-state index is 14.0. The highest BCUT2D eigenvalue weighted by molar-refractivity contribution is 5.67. The maximum atomic E-state index is 14.0. The Kier molecular flexibility index (Phi) is 4.38. The summed E-state index contributed by atoms with van der Waals surface area (Å²) in [5, 5.41) is 8.92. The van der Waals surface area contributed by atoms with Crippen LogP contribution in [0.15, 0.2) is 12.1 Å². The van der Waals surface area contributed by atoms with Crippen LogP contribution in [0.3, 0.4) is 0 Å². The standard InChI is InChI=1S/C15H19F2NO2/c1-9-6-14(17)12(8-13(9)16)10(2)18-5-3-4-11(18)7-15(19)20/h6,8,10-11H,3-5,7H2,1-2H3,(H,19,20). The van der Waals surface area contributed by atoms with Crippen molar-refractivity contribution in [2.24, 2.45) is 0 Å². The van der Waals surface area contributed by atoms with E-state index in [4.69, 9.17) is 5.11 Å². The molecule has 0 amide bonds. The van der Waals surface area contributed by atoms with Gasteiger partial charge in [-0.05, 0) is 50.9 Å². The predicted molar refractivity (Wildman–Crippen MR) is 71.5 cm³/mol. The number of hydrogen-bond acceptors (Lipinski definition) is 2. The van der Waals surface area contributed by atoms with Crippen molar-refractivity contribution in [2.75, 3.05) is 6.54 Å². The van der Waals surface area contributed by atoms with E-state index in [1.54, 1.807) is 6.92 Å². The molecule has 1 aliphatic rings. The van der Waals surface area contributed by atoms with Crippen LogP contribution in [-0.2, 0) is 4.79 Å². The van der Waals surface area contributed by atoms with Crippen LogP contribution in [0.2, 0.25) is 0 Å². The zero-order valence-corrected chi connectivity index (χ0v) is 11.7. The second-order valence-corrected chi connectivity index (χ2v) is 5.43. The third-order valence-corrected chi connectivity index (χ3v) is 4.06. The quantitative estimate of drug-likeness (QED) is 0.922. The highest BCUT2D eigenvalue weighted by Gasteiger charge is 2.32. The van der Waals surface area contributed by atoms with E-state index in [2.05, 4.69) is 0 Å². The molecule has 1 aromatic rings. The minimum absolute atomic E-state index is 0.0420. The topological polar surface area (TPSA) is 40.5 Å². The summed E-state index contributed by atoms with van der Waals surface area (Å²) in [6.45, 7) is 4.04. The molecule has 5 heteroatoms. The molecule has 1 N–H and O–H groups in total. The third kappa shape index (κ3) is 2.98. The van der Waals surface area contributed by atoms with Gasteiger partial charge >= 0.3 is 5.97 Å². The van der Waals surface area contributed by atoms with E-state index in [1.807, 2.05) is 4.90 Å². The summed E-state index contributed by atoms with van der Waals surface area (Å²) >= 11 is 0. The van der Waals surface area contributed by atoms with Crippen molar-refractivity contribution in [1.82, 2.24) is 4.90 Å². The molecule has 2 rings (SSSR count). The van der Waals surface area contributed by atoms with Crippen molar-refractivity contribution in [3.8, 4) is 0 Å². The molecule has 1 saturated heterocycles. The molecule has 0 aliphatic carbocycles. The summed E-state index contributed by atoms with van der Waals surface area (Å²) < 4.78 is 27.6. The van der Waals surface area contributed by atoms with Crippen molar-refractivity contribution in [1.29, 1.82) is 0 Å². The molecule has 110 valence electrons. The first-order chi connectivity index (χ1) is 9.40. The molecule has 1 heterocycles. The van der Waals surface area contributed by atoms with Crippen LogP contribution in [0.5, 0.6) is 0 Å². The number of likely N-dealkylation sites (tertiary alicyclic amines) is 1. The molecular formula is C15H19F2NO2. The lowest BCUT2D eigenvalue weighted by Crippen LogP contribution is -2.34. The van der Waals surface area contributed by atoms with Gasteiger partial charge < -0.3 is 5.11 Å². The van der Waals surface area contributed by atoms with Crippen LogP contribution in [0.4, 0.5) is 8.78 Å². The Balaban J connectivity index is 2.24. The van der Waals surface area contributed by atoms with Gasteiger partial charge in [0.2, 0.25) is 0 Å². The lowest BCUT2D eigenvalue weighted by molar-refractivity contribution is -0.138. The second kappa shape index (κ2) is 5.87. The smallest absolute Gasteiger partial charge is 0.304 e. The molecule has 1 aromatic carbocycles. The number of aryl methyl sites for hydroxylation is 1. The van der Waals surface area contributed by atoms with E-state index in [0.717, 1.165) is 12.8 Å². The van der Waals surface area contributed by atoms with Crippen LogP contribution >= 0.6 is 0 Å². The average Bonchev–Trinajstić information content (AvgIpc) is 2.80. The number of carbonyl (C=O) groups is 1. The van der Waals surface area contributed by atoms with Crippen LogP contribution in [-0.4, -0.2) is 28.6 Å². The summed E-state index contributed by atoms with van der Waals surface area (Å²) in [5.41, 5.74) is 0.576. The van der Waals surface area contributed by atoms with Gasteiger partial charge in [-0.15, -0.1) is 0 Å². The van der Waals surface area contributed by atoms with Gasteiger partial charge in [0.1, 0.15) is 11.6 Å². The van der Waals surface area contributed by atoms with Crippen molar-refractivity contribution in [3.05, 3.63) is 34.9 Å². The number of aliphatic carboxylic acids is 1. The summed E-state index contributed by atoms with van der Waals surface area (Å²) in [7, 11) is 0. The van der Waals surface area contributed by atoms with Gasteiger partial charge in [-0.1, -0.05) is 0 Å². The van der Waals surface area contributed by atoms with Gasteiger partial charge in [0.05, 0.1) is 6.42 Å². The Morgan fingerprint density at radius 2 is 2.15 bits per heavy atom. The summed E-state index contributed by atoms with van der Waals surface area (Å²) in [6, 6.07) is 2.00. The number of carboxylic acids is 1. The number of hydrogen-bond donors (Lipinski definition) is 1. The highest BCUT2D eigenvalue weighted by Crippen LogP contribution is 2.32. The normalized spacial score (nSPS) is 21.1. The molecule has 0 radical (unpaired) electrons. The van der Waals surface area contributed by atoms with Gasteiger partial charge in [-0.2, -0.15) is 0 Å². The first-order valence-electron chi connectivity index (χ1n) is 6.83. The summed E-state index contributed by atoms with van der Waals surface area (Å²) in [6.07, 6.45) is 1.71. The lowest BCUT2D eigenvalue weighted by Gasteiger charge is -2.30. The molecule has 2 unspecified atom stereocenters. The second-order valence-electron chi connectivity index (χ2n) is 5.43.